The summed E-state index contributed by atoms with van der Waals surface area (Å²) in [6, 6.07) is -0.144. The van der Waals surface area contributed by atoms with Gasteiger partial charge in [0.1, 0.15) is 27.8 Å². The predicted molar refractivity (Wildman–Crippen MR) is 117 cm³/mol. The van der Waals surface area contributed by atoms with Gasteiger partial charge in [0.15, 0.2) is 0 Å². The Bertz CT molecular complexity index is 546. The summed E-state index contributed by atoms with van der Waals surface area (Å²) in [6.07, 6.45) is 6.83. The maximum atomic E-state index is 12.8. The van der Waals surface area contributed by atoms with Crippen LogP contribution in [0.25, 0.3) is 0 Å². The number of hydrogen-bond acceptors (Lipinski definition) is 4. The topological polar surface area (TPSA) is 60.1 Å². The number of rotatable bonds is 6. The third kappa shape index (κ3) is 5.31. The summed E-state index contributed by atoms with van der Waals surface area (Å²) in [5.41, 5.74) is -1.53. The summed E-state index contributed by atoms with van der Waals surface area (Å²) in [5, 5.41) is 3.23. The lowest BCUT2D eigenvalue weighted by molar-refractivity contribution is -0.0855. The van der Waals surface area contributed by atoms with Gasteiger partial charge in [-0.25, -0.2) is 4.79 Å². The van der Waals surface area contributed by atoms with E-state index in [1.165, 1.54) is 32.1 Å². The molecule has 3 atom stereocenters. The van der Waals surface area contributed by atoms with Crippen LogP contribution < -0.4 is 5.32 Å². The van der Waals surface area contributed by atoms with Gasteiger partial charge in [-0.1, -0.05) is 52.9 Å². The summed E-state index contributed by atoms with van der Waals surface area (Å²) in [7, 11) is 0.581. The Morgan fingerprint density at radius 3 is 2.07 bits per heavy atom. The van der Waals surface area contributed by atoms with Crippen molar-refractivity contribution in [2.75, 3.05) is 0 Å². The van der Waals surface area contributed by atoms with E-state index in [9.17, 15) is 4.79 Å². The molecule has 1 saturated carbocycles. The molecule has 2 aliphatic rings. The van der Waals surface area contributed by atoms with Crippen molar-refractivity contribution in [1.82, 2.24) is 5.32 Å². The van der Waals surface area contributed by atoms with Gasteiger partial charge in [0.05, 0.1) is 11.6 Å². The minimum absolute atomic E-state index is 0.0407. The molecule has 1 amide bonds. The Hall–Kier alpha value is -0.593. The Kier molecular flexibility index (Phi) is 6.99. The van der Waals surface area contributed by atoms with Crippen molar-refractivity contribution < 1.29 is 18.7 Å². The number of epoxide rings is 1. The molecule has 2 rings (SSSR count). The van der Waals surface area contributed by atoms with Crippen molar-refractivity contribution in [2.45, 2.75) is 123 Å². The lowest BCUT2D eigenvalue weighted by Gasteiger charge is -2.50. The summed E-state index contributed by atoms with van der Waals surface area (Å²) in [4.78, 5) is 12.8. The van der Waals surface area contributed by atoms with Crippen LogP contribution in [0.2, 0.25) is 0 Å². The third-order valence-electron chi connectivity index (χ3n) is 6.40. The summed E-state index contributed by atoms with van der Waals surface area (Å²) in [6.45, 7) is 16.5. The second kappa shape index (κ2) is 8.27. The van der Waals surface area contributed by atoms with Crippen molar-refractivity contribution in [3.8, 4) is 0 Å². The Labute approximate surface area is 175 Å². The Morgan fingerprint density at radius 1 is 1.14 bits per heavy atom. The number of amides is 1. The first-order valence-electron chi connectivity index (χ1n) is 11.0. The molecule has 5 nitrogen and oxygen atoms in total. The molecule has 164 valence electrons. The molecule has 0 aromatic carbocycles. The maximum Gasteiger partial charge on any atom is 0.407 e. The second-order valence-corrected chi connectivity index (χ2v) is 11.7. The molecular formula is C22H43NO4Si. The Morgan fingerprint density at radius 2 is 1.68 bits per heavy atom. The number of alkyl carbamates (subject to hydrolysis) is 1. The molecule has 1 aliphatic carbocycles. The molecule has 0 aromatic heterocycles. The van der Waals surface area contributed by atoms with Crippen LogP contribution in [0.15, 0.2) is 0 Å². The molecule has 1 N–H and O–H groups in total. The minimum atomic E-state index is -0.572. The molecule has 0 bridgehead atoms. The molecule has 0 aromatic rings. The van der Waals surface area contributed by atoms with Crippen LogP contribution in [0.5, 0.6) is 0 Å². The smallest absolute Gasteiger partial charge is 0.407 e. The van der Waals surface area contributed by atoms with Crippen molar-refractivity contribution in [1.29, 1.82) is 0 Å². The first-order chi connectivity index (χ1) is 12.7. The fourth-order valence-electron chi connectivity index (χ4n) is 5.08. The van der Waals surface area contributed by atoms with E-state index in [4.69, 9.17) is 13.9 Å². The molecule has 6 heteroatoms. The van der Waals surface area contributed by atoms with Crippen molar-refractivity contribution >= 4 is 16.6 Å². The average Bonchev–Trinajstić information content (AvgIpc) is 3.14. The molecule has 1 heterocycles. The molecule has 1 aliphatic heterocycles. The van der Waals surface area contributed by atoms with E-state index in [2.05, 4.69) is 39.9 Å². The van der Waals surface area contributed by atoms with Gasteiger partial charge < -0.3 is 19.2 Å². The number of hydrogen-bond donors (Lipinski definition) is 1. The minimum Gasteiger partial charge on any atom is -0.444 e. The van der Waals surface area contributed by atoms with E-state index in [-0.39, 0.29) is 29.3 Å². The molecule has 0 spiro atoms. The lowest BCUT2D eigenvalue weighted by atomic mass is 9.65. The lowest BCUT2D eigenvalue weighted by Crippen LogP contribution is -2.65. The zero-order chi connectivity index (χ0) is 21.4. The maximum absolute atomic E-state index is 12.8. The van der Waals surface area contributed by atoms with Crippen LogP contribution >= 0.6 is 0 Å². The number of carbonyl (C=O) groups excluding carboxylic acids is 1. The number of ether oxygens (including phenoxy) is 2. The van der Waals surface area contributed by atoms with Crippen LogP contribution in [0, 0.1) is 11.3 Å². The number of carbonyl (C=O) groups is 1. The third-order valence-corrected chi connectivity index (χ3v) is 7.07. The molecule has 1 unspecified atom stereocenters. The van der Waals surface area contributed by atoms with E-state index in [1.54, 1.807) is 0 Å². The van der Waals surface area contributed by atoms with Crippen LogP contribution in [0.1, 0.15) is 93.9 Å². The first-order valence-corrected chi connectivity index (χ1v) is 11.8. The number of nitrogens with one attached hydrogen (secondary N) is 1. The van der Waals surface area contributed by atoms with Crippen LogP contribution in [-0.4, -0.2) is 45.5 Å². The van der Waals surface area contributed by atoms with Gasteiger partial charge in [0.2, 0.25) is 0 Å². The van der Waals surface area contributed by atoms with Gasteiger partial charge in [-0.3, -0.25) is 0 Å². The van der Waals surface area contributed by atoms with Gasteiger partial charge in [-0.05, 0) is 52.4 Å². The van der Waals surface area contributed by atoms with E-state index < -0.39 is 11.2 Å². The van der Waals surface area contributed by atoms with E-state index in [0.717, 1.165) is 6.42 Å². The van der Waals surface area contributed by atoms with Crippen LogP contribution in [-0.2, 0) is 13.9 Å². The molecule has 0 radical (unpaired) electrons. The SMILES string of the molecule is CC(C)(C)OC(=O)N[C@@H](CC1CCCCC1)[C@@](O[SiH3])(C1OC1(C)C)C(C)(C)C. The fraction of sp³-hybridized carbons (Fsp3) is 0.955. The predicted octanol–water partition coefficient (Wildman–Crippen LogP) is 4.11. The zero-order valence-electron chi connectivity index (χ0n) is 19.6. The van der Waals surface area contributed by atoms with Crippen molar-refractivity contribution in [3.63, 3.8) is 0 Å². The molecular weight excluding hydrogens is 370 g/mol. The van der Waals surface area contributed by atoms with Gasteiger partial charge in [-0.2, -0.15) is 0 Å². The van der Waals surface area contributed by atoms with Gasteiger partial charge >= 0.3 is 6.09 Å². The Balaban J connectivity index is 2.36. The standard InChI is InChI=1S/C22H43NO4Si/c1-19(2,3)22(27-28,17-21(7,8)25-17)16(14-15-12-10-9-11-13-15)23-18(24)26-20(4,5)6/h15-17H,9-14H2,1-8,28H3,(H,23,24)/t16-,17?,22+/m0/s1. The van der Waals surface area contributed by atoms with Crippen molar-refractivity contribution in [2.24, 2.45) is 11.3 Å². The fourth-order valence-corrected chi connectivity index (χ4v) is 6.19. The summed E-state index contributed by atoms with van der Waals surface area (Å²) in [5.74, 6) is 0.606. The highest BCUT2D eigenvalue weighted by atomic mass is 28.2. The monoisotopic (exact) mass is 413 g/mol. The summed E-state index contributed by atoms with van der Waals surface area (Å²) >= 11 is 0. The quantitative estimate of drug-likeness (QED) is 0.526. The molecule has 2 fully saturated rings. The first kappa shape index (κ1) is 23.7. The van der Waals surface area contributed by atoms with Gasteiger partial charge in [0.25, 0.3) is 0 Å². The molecule has 28 heavy (non-hydrogen) atoms. The van der Waals surface area contributed by atoms with Crippen LogP contribution in [0.3, 0.4) is 0 Å². The largest absolute Gasteiger partial charge is 0.444 e. The highest BCUT2D eigenvalue weighted by Gasteiger charge is 2.67. The van der Waals surface area contributed by atoms with E-state index >= 15 is 0 Å². The highest BCUT2D eigenvalue weighted by Crippen LogP contribution is 2.54. The normalized spacial score (nSPS) is 26.4. The van der Waals surface area contributed by atoms with Crippen molar-refractivity contribution in [3.05, 3.63) is 0 Å². The van der Waals surface area contributed by atoms with Gasteiger partial charge in [-0.15, -0.1) is 0 Å². The molecule has 1 saturated heterocycles. The summed E-state index contributed by atoms with van der Waals surface area (Å²) < 4.78 is 18.2. The van der Waals surface area contributed by atoms with E-state index in [0.29, 0.717) is 16.4 Å². The van der Waals surface area contributed by atoms with Gasteiger partial charge in [0, 0.05) is 0 Å². The van der Waals surface area contributed by atoms with E-state index in [1.807, 2.05) is 20.8 Å². The second-order valence-electron chi connectivity index (χ2n) is 11.3. The average molecular weight is 414 g/mol. The highest BCUT2D eigenvalue weighted by molar-refractivity contribution is 5.98. The van der Waals surface area contributed by atoms with Crippen LogP contribution in [0.4, 0.5) is 4.79 Å². The zero-order valence-corrected chi connectivity index (χ0v) is 21.6.